The predicted molar refractivity (Wildman–Crippen MR) is 121 cm³/mol. The van der Waals surface area contributed by atoms with E-state index in [0.29, 0.717) is 0 Å². The summed E-state index contributed by atoms with van der Waals surface area (Å²) in [5, 5.41) is 11.3. The number of nitrogens with zero attached hydrogens (tertiary/aromatic N) is 3. The van der Waals surface area contributed by atoms with E-state index < -0.39 is 46.4 Å². The molecule has 34 heavy (non-hydrogen) atoms. The molecular weight excluding hydrogens is 438 g/mol. The Morgan fingerprint density at radius 1 is 0.971 bits per heavy atom. The van der Waals surface area contributed by atoms with Crippen LogP contribution in [0, 0.1) is 22.0 Å². The Bertz CT molecular complexity index is 1400. The van der Waals surface area contributed by atoms with Crippen molar-refractivity contribution in [3.8, 4) is 0 Å². The van der Waals surface area contributed by atoms with Crippen LogP contribution in [0.4, 0.5) is 17.1 Å². The molecule has 0 saturated carbocycles. The highest BCUT2D eigenvalue weighted by Crippen LogP contribution is 2.49. The highest BCUT2D eigenvalue weighted by Gasteiger charge is 2.64. The van der Waals surface area contributed by atoms with Gasteiger partial charge in [0, 0.05) is 17.8 Å². The zero-order chi connectivity index (χ0) is 23.6. The summed E-state index contributed by atoms with van der Waals surface area (Å²) >= 11 is 0. The van der Waals surface area contributed by atoms with Crippen molar-refractivity contribution in [1.82, 2.24) is 0 Å². The number of Topliss-reactive ketones (excluding diaryl/α,β-unsaturated/α-hetero) is 1. The first kappa shape index (κ1) is 20.1. The Kier molecular flexibility index (Phi) is 4.28. The molecule has 168 valence electrons. The van der Waals surface area contributed by atoms with E-state index in [1.807, 2.05) is 41.3 Å². The van der Waals surface area contributed by atoms with Crippen molar-refractivity contribution in [3.63, 3.8) is 0 Å². The molecule has 0 N–H and O–H groups in total. The average Bonchev–Trinajstić information content (AvgIpc) is 3.55. The molecule has 2 saturated heterocycles. The van der Waals surface area contributed by atoms with Gasteiger partial charge in [-0.15, -0.1) is 0 Å². The van der Waals surface area contributed by atoms with Crippen molar-refractivity contribution in [2.75, 3.05) is 9.80 Å². The van der Waals surface area contributed by atoms with Gasteiger partial charge >= 0.3 is 0 Å². The van der Waals surface area contributed by atoms with E-state index in [9.17, 15) is 24.5 Å². The van der Waals surface area contributed by atoms with E-state index in [2.05, 4.69) is 0 Å². The molecule has 0 bridgehead atoms. The van der Waals surface area contributed by atoms with Gasteiger partial charge in [0.25, 0.3) is 5.69 Å². The zero-order valence-corrected chi connectivity index (χ0v) is 17.6. The van der Waals surface area contributed by atoms with E-state index in [1.54, 1.807) is 6.07 Å². The number of rotatable bonds is 4. The molecule has 2 amide bonds. The first-order valence-electron chi connectivity index (χ1n) is 10.7. The third kappa shape index (κ3) is 2.70. The molecule has 6 rings (SSSR count). The lowest BCUT2D eigenvalue weighted by Gasteiger charge is -2.36. The maximum atomic E-state index is 13.7. The van der Waals surface area contributed by atoms with Crippen molar-refractivity contribution >= 4 is 40.7 Å². The number of benzene rings is 2. The quantitative estimate of drug-likeness (QED) is 0.256. The second-order valence-electron chi connectivity index (χ2n) is 8.44. The standard InChI is InChI=1S/C25H17N3O6/c29-23(19-9-4-12-34-19)22-21-20(18-11-10-14-5-1-2-8-17(14)27(18)22)24(30)26(25(21)31)15-6-3-7-16(13-15)28(32)33/h1-13,18,20-22H/t18-,20+,21-,22+/m1/s1. The Morgan fingerprint density at radius 2 is 1.76 bits per heavy atom. The van der Waals surface area contributed by atoms with Gasteiger partial charge in [-0.05, 0) is 29.8 Å². The van der Waals surface area contributed by atoms with E-state index >= 15 is 0 Å². The second-order valence-corrected chi connectivity index (χ2v) is 8.44. The van der Waals surface area contributed by atoms with E-state index in [4.69, 9.17) is 4.42 Å². The lowest BCUT2D eigenvalue weighted by molar-refractivity contribution is -0.384. The fourth-order valence-corrected chi connectivity index (χ4v) is 5.38. The molecule has 3 aliphatic heterocycles. The summed E-state index contributed by atoms with van der Waals surface area (Å²) in [4.78, 5) is 54.5. The summed E-state index contributed by atoms with van der Waals surface area (Å²) in [5.74, 6) is -3.12. The second kappa shape index (κ2) is 7.24. The summed E-state index contributed by atoms with van der Waals surface area (Å²) in [7, 11) is 0. The molecule has 9 heteroatoms. The Morgan fingerprint density at radius 3 is 2.53 bits per heavy atom. The van der Waals surface area contributed by atoms with Gasteiger partial charge in [0.15, 0.2) is 5.76 Å². The number of amides is 2. The summed E-state index contributed by atoms with van der Waals surface area (Å²) < 4.78 is 5.36. The predicted octanol–water partition coefficient (Wildman–Crippen LogP) is 3.46. The zero-order valence-electron chi connectivity index (χ0n) is 17.6. The number of furan rings is 1. The minimum absolute atomic E-state index is 0.102. The fraction of sp³-hybridized carbons (Fsp3) is 0.160. The van der Waals surface area contributed by atoms with Gasteiger partial charge in [0.2, 0.25) is 17.6 Å². The van der Waals surface area contributed by atoms with Gasteiger partial charge in [-0.3, -0.25) is 24.5 Å². The van der Waals surface area contributed by atoms with Crippen LogP contribution in [-0.4, -0.2) is 34.6 Å². The van der Waals surface area contributed by atoms with E-state index in [-0.39, 0.29) is 17.1 Å². The van der Waals surface area contributed by atoms with Crippen LogP contribution in [0.5, 0.6) is 0 Å². The normalized spacial score (nSPS) is 24.7. The number of para-hydroxylation sites is 1. The number of imide groups is 1. The first-order valence-corrected chi connectivity index (χ1v) is 10.7. The van der Waals surface area contributed by atoms with Crippen LogP contribution in [-0.2, 0) is 9.59 Å². The van der Waals surface area contributed by atoms with Gasteiger partial charge in [-0.1, -0.05) is 36.4 Å². The minimum atomic E-state index is -0.967. The third-order valence-electron chi connectivity index (χ3n) is 6.75. The Labute approximate surface area is 193 Å². The number of ketones is 1. The lowest BCUT2D eigenvalue weighted by atomic mass is 9.87. The van der Waals surface area contributed by atoms with Crippen LogP contribution in [0.1, 0.15) is 16.1 Å². The van der Waals surface area contributed by atoms with Gasteiger partial charge < -0.3 is 9.32 Å². The monoisotopic (exact) mass is 455 g/mol. The average molecular weight is 455 g/mol. The van der Waals surface area contributed by atoms with Crippen molar-refractivity contribution in [2.24, 2.45) is 11.8 Å². The topological polar surface area (TPSA) is 114 Å². The molecular formula is C25H17N3O6. The number of carbonyl (C=O) groups excluding carboxylic acids is 3. The number of nitro groups is 1. The summed E-state index contributed by atoms with van der Waals surface area (Å²) in [6, 6.07) is 14.5. The number of carbonyl (C=O) groups is 3. The molecule has 3 aliphatic rings. The van der Waals surface area contributed by atoms with Crippen molar-refractivity contribution in [2.45, 2.75) is 12.1 Å². The van der Waals surface area contributed by atoms with Gasteiger partial charge in [-0.25, -0.2) is 4.90 Å². The Hall–Kier alpha value is -4.53. The van der Waals surface area contributed by atoms with Gasteiger partial charge in [-0.2, -0.15) is 0 Å². The minimum Gasteiger partial charge on any atom is -0.461 e. The maximum absolute atomic E-state index is 13.7. The van der Waals surface area contributed by atoms with Crippen LogP contribution in [0.2, 0.25) is 0 Å². The molecule has 2 aromatic carbocycles. The van der Waals surface area contributed by atoms with Crippen LogP contribution in [0.15, 0.2) is 77.4 Å². The van der Waals surface area contributed by atoms with E-state index in [1.165, 1.54) is 36.6 Å². The highest BCUT2D eigenvalue weighted by molar-refractivity contribution is 6.25. The lowest BCUT2D eigenvalue weighted by Crippen LogP contribution is -2.48. The van der Waals surface area contributed by atoms with Crippen molar-refractivity contribution in [1.29, 1.82) is 0 Å². The molecule has 0 radical (unpaired) electrons. The largest absolute Gasteiger partial charge is 0.461 e. The molecule has 9 nitrogen and oxygen atoms in total. The highest BCUT2D eigenvalue weighted by atomic mass is 16.6. The van der Waals surface area contributed by atoms with Crippen LogP contribution in [0.3, 0.4) is 0 Å². The molecule has 0 aliphatic carbocycles. The molecule has 0 spiro atoms. The fourth-order valence-electron chi connectivity index (χ4n) is 5.38. The van der Waals surface area contributed by atoms with Gasteiger partial charge in [0.05, 0.1) is 34.8 Å². The van der Waals surface area contributed by atoms with Crippen molar-refractivity contribution in [3.05, 3.63) is 94.4 Å². The number of fused-ring (bicyclic) bond motifs is 5. The SMILES string of the molecule is O=C(c1ccco1)[C@@H]1[C@@H]2C(=O)N(c3cccc([N+](=O)[O-])c3)C(=O)[C@H]2[C@H]2C=Cc3ccccc3N21. The molecule has 2 fully saturated rings. The number of anilines is 2. The van der Waals surface area contributed by atoms with Crippen LogP contribution in [0.25, 0.3) is 6.08 Å². The first-order chi connectivity index (χ1) is 16.5. The molecule has 0 unspecified atom stereocenters. The molecule has 4 heterocycles. The van der Waals surface area contributed by atoms with Gasteiger partial charge in [0.1, 0.15) is 6.04 Å². The number of hydrogen-bond donors (Lipinski definition) is 0. The molecule has 4 atom stereocenters. The smallest absolute Gasteiger partial charge is 0.271 e. The molecule has 1 aromatic heterocycles. The number of hydrogen-bond acceptors (Lipinski definition) is 7. The summed E-state index contributed by atoms with van der Waals surface area (Å²) in [6.45, 7) is 0. The number of nitro benzene ring substituents is 1. The van der Waals surface area contributed by atoms with E-state index in [0.717, 1.165) is 16.2 Å². The van der Waals surface area contributed by atoms with Crippen LogP contribution < -0.4 is 9.80 Å². The van der Waals surface area contributed by atoms with Crippen molar-refractivity contribution < 1.29 is 23.7 Å². The number of non-ortho nitro benzene ring substituents is 1. The maximum Gasteiger partial charge on any atom is 0.271 e. The molecule has 3 aromatic rings. The van der Waals surface area contributed by atoms with Crippen LogP contribution >= 0.6 is 0 Å². The summed E-state index contributed by atoms with van der Waals surface area (Å²) in [5.41, 5.74) is 1.53. The summed E-state index contributed by atoms with van der Waals surface area (Å²) in [6.07, 6.45) is 5.12. The third-order valence-corrected chi connectivity index (χ3v) is 6.75. The Balaban J connectivity index is 1.49.